The van der Waals surface area contributed by atoms with Gasteiger partial charge in [0.05, 0.1) is 6.04 Å². The second kappa shape index (κ2) is 8.11. The molecule has 0 aliphatic carbocycles. The number of nitrogens with two attached hydrogens (primary N) is 1. The molecule has 1 rings (SSSR count). The molecule has 102 valence electrons. The number of ether oxygens (including phenoxy) is 1. The lowest BCUT2D eigenvalue weighted by Crippen LogP contribution is -2.90. The van der Waals surface area contributed by atoms with Crippen LogP contribution in [0.2, 0.25) is 0 Å². The second-order valence-corrected chi connectivity index (χ2v) is 5.07. The van der Waals surface area contributed by atoms with E-state index in [0.717, 1.165) is 18.6 Å². The van der Waals surface area contributed by atoms with Crippen LogP contribution >= 0.6 is 0 Å². The van der Waals surface area contributed by atoms with E-state index in [-0.39, 0.29) is 0 Å². The lowest BCUT2D eigenvalue weighted by molar-refractivity contribution is -0.688. The minimum absolute atomic E-state index is 0.357. The highest BCUT2D eigenvalue weighted by Crippen LogP contribution is 2.13. The van der Waals surface area contributed by atoms with E-state index in [1.165, 1.54) is 5.56 Å². The molecule has 0 heterocycles. The molecule has 0 saturated carbocycles. The van der Waals surface area contributed by atoms with Crippen LogP contribution in [0, 0.1) is 0 Å². The molecule has 0 aliphatic rings. The van der Waals surface area contributed by atoms with Gasteiger partial charge in [0.1, 0.15) is 25.0 Å². The highest BCUT2D eigenvalue weighted by atomic mass is 16.5. The van der Waals surface area contributed by atoms with Crippen molar-refractivity contribution in [3.8, 4) is 5.75 Å². The summed E-state index contributed by atoms with van der Waals surface area (Å²) in [5.74, 6) is 0.832. The summed E-state index contributed by atoms with van der Waals surface area (Å²) in [7, 11) is 0. The van der Waals surface area contributed by atoms with Crippen LogP contribution in [-0.2, 0) is 6.42 Å². The van der Waals surface area contributed by atoms with Crippen LogP contribution in [0.25, 0.3) is 0 Å². The summed E-state index contributed by atoms with van der Waals surface area (Å²) in [6.45, 7) is 7.44. The fraction of sp³-hybridized carbons (Fsp3) is 0.600. The van der Waals surface area contributed by atoms with Gasteiger partial charge >= 0.3 is 0 Å². The van der Waals surface area contributed by atoms with Crippen LogP contribution in [0.3, 0.4) is 0 Å². The first kappa shape index (κ1) is 15.0. The molecule has 3 nitrogen and oxygen atoms in total. The van der Waals surface area contributed by atoms with Gasteiger partial charge < -0.3 is 15.2 Å². The monoisotopic (exact) mass is 252 g/mol. The number of benzene rings is 1. The van der Waals surface area contributed by atoms with Crippen molar-refractivity contribution in [3.63, 3.8) is 0 Å². The van der Waals surface area contributed by atoms with E-state index in [9.17, 15) is 5.11 Å². The predicted octanol–water partition coefficient (Wildman–Crippen LogP) is 1.35. The zero-order valence-corrected chi connectivity index (χ0v) is 11.7. The van der Waals surface area contributed by atoms with Gasteiger partial charge in [-0.05, 0) is 38.0 Å². The average Bonchev–Trinajstić information content (AvgIpc) is 2.36. The Kier molecular flexibility index (Phi) is 6.76. The topological polar surface area (TPSA) is 46.1 Å². The number of aryl methyl sites for hydroxylation is 1. The third-order valence-corrected chi connectivity index (χ3v) is 2.78. The van der Waals surface area contributed by atoms with Gasteiger partial charge in [-0.25, -0.2) is 0 Å². The van der Waals surface area contributed by atoms with E-state index in [1.807, 2.05) is 12.1 Å². The summed E-state index contributed by atoms with van der Waals surface area (Å²) in [6, 6.07) is 8.64. The van der Waals surface area contributed by atoms with Gasteiger partial charge in [-0.1, -0.05) is 25.5 Å². The molecule has 0 saturated heterocycles. The fourth-order valence-electron chi connectivity index (χ4n) is 1.73. The Balaban J connectivity index is 2.29. The van der Waals surface area contributed by atoms with E-state index < -0.39 is 6.10 Å². The van der Waals surface area contributed by atoms with Gasteiger partial charge in [0.25, 0.3) is 0 Å². The van der Waals surface area contributed by atoms with Crippen LogP contribution in [0.1, 0.15) is 32.8 Å². The molecule has 0 spiro atoms. The Morgan fingerprint density at radius 2 is 1.89 bits per heavy atom. The van der Waals surface area contributed by atoms with Gasteiger partial charge in [-0.2, -0.15) is 0 Å². The number of aliphatic hydroxyl groups excluding tert-OH is 1. The first-order valence-electron chi connectivity index (χ1n) is 6.85. The van der Waals surface area contributed by atoms with E-state index in [4.69, 9.17) is 4.74 Å². The van der Waals surface area contributed by atoms with E-state index in [2.05, 4.69) is 38.2 Å². The normalized spacial score (nSPS) is 12.7. The van der Waals surface area contributed by atoms with Gasteiger partial charge in [-0.15, -0.1) is 0 Å². The second-order valence-electron chi connectivity index (χ2n) is 5.07. The summed E-state index contributed by atoms with van der Waals surface area (Å²) in [4.78, 5) is 0. The first-order chi connectivity index (χ1) is 8.61. The zero-order valence-electron chi connectivity index (χ0n) is 11.7. The summed E-state index contributed by atoms with van der Waals surface area (Å²) >= 11 is 0. The van der Waals surface area contributed by atoms with Crippen molar-refractivity contribution in [1.29, 1.82) is 0 Å². The van der Waals surface area contributed by atoms with Crippen LogP contribution in [0.5, 0.6) is 5.75 Å². The number of quaternary nitrogens is 1. The first-order valence-corrected chi connectivity index (χ1v) is 6.85. The lowest BCUT2D eigenvalue weighted by Gasteiger charge is -2.13. The van der Waals surface area contributed by atoms with Gasteiger partial charge in [-0.3, -0.25) is 0 Å². The average molecular weight is 252 g/mol. The fourth-order valence-corrected chi connectivity index (χ4v) is 1.73. The third kappa shape index (κ3) is 6.03. The molecule has 0 amide bonds. The number of hydrogen-bond donors (Lipinski definition) is 2. The van der Waals surface area contributed by atoms with E-state index >= 15 is 0 Å². The molecule has 0 bridgehead atoms. The zero-order chi connectivity index (χ0) is 13.4. The molecule has 1 aromatic rings. The maximum Gasteiger partial charge on any atom is 0.137 e. The Labute approximate surface area is 110 Å². The maximum atomic E-state index is 9.74. The van der Waals surface area contributed by atoms with Gasteiger partial charge in [0.2, 0.25) is 0 Å². The molecule has 18 heavy (non-hydrogen) atoms. The summed E-state index contributed by atoms with van der Waals surface area (Å²) in [5.41, 5.74) is 1.33. The third-order valence-electron chi connectivity index (χ3n) is 2.78. The quantitative estimate of drug-likeness (QED) is 0.733. The standard InChI is InChI=1S/C15H25NO2/c1-4-5-13-6-8-15(9-7-13)18-11-14(17)10-16-12(2)3/h6-9,12,14,16-17H,4-5,10-11H2,1-3H3/p+1. The van der Waals surface area contributed by atoms with Gasteiger partial charge in [0.15, 0.2) is 0 Å². The Hall–Kier alpha value is -1.06. The molecule has 0 radical (unpaired) electrons. The highest BCUT2D eigenvalue weighted by molar-refractivity contribution is 5.27. The Bertz CT molecular complexity index is 322. The Morgan fingerprint density at radius 3 is 2.44 bits per heavy atom. The van der Waals surface area contributed by atoms with Crippen molar-refractivity contribution in [2.45, 2.75) is 45.8 Å². The minimum atomic E-state index is -0.414. The van der Waals surface area contributed by atoms with Crippen LogP contribution in [0.15, 0.2) is 24.3 Å². The van der Waals surface area contributed by atoms with Crippen LogP contribution in [0.4, 0.5) is 0 Å². The molecular formula is C15H26NO2+. The molecule has 3 N–H and O–H groups in total. The van der Waals surface area contributed by atoms with Crippen molar-refractivity contribution in [3.05, 3.63) is 29.8 Å². The summed E-state index contributed by atoms with van der Waals surface area (Å²) < 4.78 is 5.56. The van der Waals surface area contributed by atoms with Crippen LogP contribution in [-0.4, -0.2) is 30.4 Å². The number of rotatable bonds is 8. The van der Waals surface area contributed by atoms with Crippen molar-refractivity contribution < 1.29 is 15.2 Å². The molecule has 0 fully saturated rings. The largest absolute Gasteiger partial charge is 0.491 e. The highest BCUT2D eigenvalue weighted by Gasteiger charge is 2.08. The molecule has 1 atom stereocenters. The molecule has 1 unspecified atom stereocenters. The van der Waals surface area contributed by atoms with Crippen LogP contribution < -0.4 is 10.1 Å². The molecule has 1 aromatic carbocycles. The smallest absolute Gasteiger partial charge is 0.137 e. The van der Waals surface area contributed by atoms with E-state index in [1.54, 1.807) is 0 Å². The van der Waals surface area contributed by atoms with Crippen molar-refractivity contribution >= 4 is 0 Å². The lowest BCUT2D eigenvalue weighted by atomic mass is 10.1. The number of hydrogen-bond acceptors (Lipinski definition) is 2. The van der Waals surface area contributed by atoms with Crippen molar-refractivity contribution in [2.75, 3.05) is 13.2 Å². The minimum Gasteiger partial charge on any atom is -0.491 e. The van der Waals surface area contributed by atoms with Crippen molar-refractivity contribution in [1.82, 2.24) is 0 Å². The van der Waals surface area contributed by atoms with Gasteiger partial charge in [0, 0.05) is 0 Å². The molecule has 0 aromatic heterocycles. The number of aliphatic hydroxyl groups is 1. The molecular weight excluding hydrogens is 226 g/mol. The van der Waals surface area contributed by atoms with E-state index in [0.29, 0.717) is 19.2 Å². The van der Waals surface area contributed by atoms with Crippen molar-refractivity contribution in [2.24, 2.45) is 0 Å². The summed E-state index contributed by atoms with van der Waals surface area (Å²) in [6.07, 6.45) is 1.85. The molecule has 3 heteroatoms. The maximum absolute atomic E-state index is 9.74. The molecule has 0 aliphatic heterocycles. The summed E-state index contributed by atoms with van der Waals surface area (Å²) in [5, 5.41) is 11.9. The predicted molar refractivity (Wildman–Crippen MR) is 73.9 cm³/mol. The Morgan fingerprint density at radius 1 is 1.22 bits per heavy atom. The SMILES string of the molecule is CCCc1ccc(OCC(O)C[NH2+]C(C)C)cc1.